The van der Waals surface area contributed by atoms with E-state index in [0.717, 1.165) is 12.2 Å². The maximum Gasteiger partial charge on any atom is 0.252 e. The molecule has 1 aromatic carbocycles. The van der Waals surface area contributed by atoms with Crippen molar-refractivity contribution in [3.63, 3.8) is 0 Å². The van der Waals surface area contributed by atoms with Crippen molar-refractivity contribution in [1.82, 2.24) is 19.9 Å². The van der Waals surface area contributed by atoms with Gasteiger partial charge in [0.1, 0.15) is 0 Å². The van der Waals surface area contributed by atoms with Crippen LogP contribution >= 0.6 is 0 Å². The third kappa shape index (κ3) is 5.61. The van der Waals surface area contributed by atoms with Gasteiger partial charge in [0.15, 0.2) is 0 Å². The van der Waals surface area contributed by atoms with Crippen molar-refractivity contribution in [1.29, 1.82) is 0 Å². The fourth-order valence-corrected chi connectivity index (χ4v) is 3.01. The highest BCUT2D eigenvalue weighted by molar-refractivity contribution is 5.94. The van der Waals surface area contributed by atoms with Crippen molar-refractivity contribution in [3.8, 4) is 0 Å². The fourth-order valence-electron chi connectivity index (χ4n) is 3.01. The maximum atomic E-state index is 12.4. The predicted molar refractivity (Wildman–Crippen MR) is 120 cm³/mol. The number of amides is 1. The molecule has 152 valence electrons. The van der Waals surface area contributed by atoms with Crippen molar-refractivity contribution >= 4 is 17.8 Å². The number of hydrogen-bond acceptors (Lipinski definition) is 4. The highest BCUT2D eigenvalue weighted by Crippen LogP contribution is 2.14. The lowest BCUT2D eigenvalue weighted by Gasteiger charge is -2.09. The van der Waals surface area contributed by atoms with Gasteiger partial charge in [-0.3, -0.25) is 14.8 Å². The topological polar surface area (TPSA) is 72.2 Å². The Bertz CT molecular complexity index is 1030. The molecule has 2 heterocycles. The number of rotatable bonds is 9. The van der Waals surface area contributed by atoms with E-state index in [4.69, 9.17) is 0 Å². The predicted octanol–water partition coefficient (Wildman–Crippen LogP) is 3.92. The van der Waals surface area contributed by atoms with Crippen molar-refractivity contribution in [3.05, 3.63) is 102 Å². The van der Waals surface area contributed by atoms with Gasteiger partial charge in [-0.05, 0) is 30.7 Å². The monoisotopic (exact) mass is 399 g/mol. The van der Waals surface area contributed by atoms with Crippen LogP contribution in [0.5, 0.6) is 0 Å². The van der Waals surface area contributed by atoms with Crippen molar-refractivity contribution in [2.24, 2.45) is 4.99 Å². The first-order valence-corrected chi connectivity index (χ1v) is 9.80. The van der Waals surface area contributed by atoms with E-state index in [-0.39, 0.29) is 5.91 Å². The molecule has 0 aliphatic rings. The van der Waals surface area contributed by atoms with E-state index >= 15 is 0 Å². The molecule has 3 aromatic rings. The highest BCUT2D eigenvalue weighted by atomic mass is 16.1. The molecule has 0 radical (unpaired) electrons. The quantitative estimate of drug-likeness (QED) is 0.438. The van der Waals surface area contributed by atoms with Gasteiger partial charge in [-0.1, -0.05) is 43.0 Å². The molecule has 0 aliphatic carbocycles. The standard InChI is InChI=1S/C24H25N5O/c1-3-8-22(26-4-2)23-12-11-20(15-28-23)24(30)27-14-13-21-16-25-18-29(21)17-19-9-6-5-7-10-19/h3-12,15-16,18H,1,13-14,17H2,2H3,(H,27,30)/b22-8-,26-4?. The van der Waals surface area contributed by atoms with Crippen LogP contribution in [0.3, 0.4) is 0 Å². The summed E-state index contributed by atoms with van der Waals surface area (Å²) in [6.07, 6.45) is 11.1. The molecule has 1 amide bonds. The molecule has 0 bridgehead atoms. The Hall–Kier alpha value is -3.80. The lowest BCUT2D eigenvalue weighted by Crippen LogP contribution is -2.26. The van der Waals surface area contributed by atoms with Crippen LogP contribution in [0.1, 0.15) is 34.2 Å². The molecular formula is C24H25N5O. The molecule has 0 atom stereocenters. The number of carbonyl (C=O) groups is 1. The van der Waals surface area contributed by atoms with Crippen LogP contribution in [0.15, 0.2) is 84.9 Å². The number of nitrogens with zero attached hydrogens (tertiary/aromatic N) is 4. The van der Waals surface area contributed by atoms with Crippen molar-refractivity contribution in [2.45, 2.75) is 19.9 Å². The second kappa shape index (κ2) is 10.7. The van der Waals surface area contributed by atoms with Gasteiger partial charge in [-0.2, -0.15) is 0 Å². The number of carbonyl (C=O) groups excluding carboxylic acids is 1. The number of pyridine rings is 1. The molecule has 0 unspecified atom stereocenters. The lowest BCUT2D eigenvalue weighted by molar-refractivity contribution is 0.0953. The van der Waals surface area contributed by atoms with E-state index in [0.29, 0.717) is 29.9 Å². The molecular weight excluding hydrogens is 374 g/mol. The van der Waals surface area contributed by atoms with Gasteiger partial charge in [0.2, 0.25) is 0 Å². The number of nitrogens with one attached hydrogen (secondary N) is 1. The van der Waals surface area contributed by atoms with E-state index in [1.165, 1.54) is 5.56 Å². The molecule has 0 saturated heterocycles. The van der Waals surface area contributed by atoms with Crippen LogP contribution in [0, 0.1) is 0 Å². The summed E-state index contributed by atoms with van der Waals surface area (Å²) in [5.74, 6) is -0.156. The first-order valence-electron chi connectivity index (χ1n) is 9.80. The Labute approximate surface area is 176 Å². The van der Waals surface area contributed by atoms with Crippen LogP contribution in [0.4, 0.5) is 0 Å². The largest absolute Gasteiger partial charge is 0.352 e. The summed E-state index contributed by atoms with van der Waals surface area (Å²) in [6.45, 7) is 6.80. The average molecular weight is 399 g/mol. The van der Waals surface area contributed by atoms with E-state index in [2.05, 4.69) is 43.6 Å². The first-order chi connectivity index (χ1) is 14.7. The molecule has 6 heteroatoms. The van der Waals surface area contributed by atoms with Crippen LogP contribution in [0.25, 0.3) is 5.70 Å². The van der Waals surface area contributed by atoms with Crippen LogP contribution < -0.4 is 5.32 Å². The van der Waals surface area contributed by atoms with E-state index in [1.54, 1.807) is 36.7 Å². The fraction of sp³-hybridized carbons (Fsp3) is 0.167. The van der Waals surface area contributed by atoms with Crippen LogP contribution in [-0.4, -0.2) is 33.2 Å². The molecule has 1 N–H and O–H groups in total. The zero-order valence-electron chi connectivity index (χ0n) is 17.0. The maximum absolute atomic E-state index is 12.4. The lowest BCUT2D eigenvalue weighted by atomic mass is 10.2. The summed E-state index contributed by atoms with van der Waals surface area (Å²) in [7, 11) is 0. The molecule has 0 spiro atoms. The number of imidazole rings is 1. The summed E-state index contributed by atoms with van der Waals surface area (Å²) in [5, 5.41) is 2.95. The number of benzene rings is 1. The number of aliphatic imine (C=N–C) groups is 1. The molecule has 3 rings (SSSR count). The van der Waals surface area contributed by atoms with Gasteiger partial charge >= 0.3 is 0 Å². The van der Waals surface area contributed by atoms with Gasteiger partial charge in [-0.15, -0.1) is 0 Å². The highest BCUT2D eigenvalue weighted by Gasteiger charge is 2.09. The zero-order valence-corrected chi connectivity index (χ0v) is 17.0. The molecule has 0 saturated carbocycles. The minimum Gasteiger partial charge on any atom is -0.352 e. The minimum atomic E-state index is -0.156. The average Bonchev–Trinajstić information content (AvgIpc) is 3.21. The first kappa shape index (κ1) is 20.9. The van der Waals surface area contributed by atoms with E-state index < -0.39 is 0 Å². The van der Waals surface area contributed by atoms with E-state index in [9.17, 15) is 4.79 Å². The van der Waals surface area contributed by atoms with Crippen molar-refractivity contribution < 1.29 is 4.79 Å². The Kier molecular flexibility index (Phi) is 7.44. The molecule has 2 aromatic heterocycles. The van der Waals surface area contributed by atoms with Gasteiger partial charge < -0.3 is 9.88 Å². The van der Waals surface area contributed by atoms with Gasteiger partial charge in [0, 0.05) is 43.8 Å². The molecule has 0 fully saturated rings. The second-order valence-electron chi connectivity index (χ2n) is 6.61. The normalized spacial score (nSPS) is 11.6. The summed E-state index contributed by atoms with van der Waals surface area (Å²) >= 11 is 0. The molecule has 6 nitrogen and oxygen atoms in total. The summed E-state index contributed by atoms with van der Waals surface area (Å²) in [5.41, 5.74) is 4.18. The second-order valence-corrected chi connectivity index (χ2v) is 6.61. The van der Waals surface area contributed by atoms with Gasteiger partial charge in [-0.25, -0.2) is 4.98 Å². The Morgan fingerprint density at radius 2 is 2.03 bits per heavy atom. The number of hydrogen-bond donors (Lipinski definition) is 1. The Balaban J connectivity index is 1.56. The Morgan fingerprint density at radius 1 is 1.20 bits per heavy atom. The Morgan fingerprint density at radius 3 is 2.73 bits per heavy atom. The van der Waals surface area contributed by atoms with Crippen LogP contribution in [0.2, 0.25) is 0 Å². The summed E-state index contributed by atoms with van der Waals surface area (Å²) in [6, 6.07) is 13.8. The van der Waals surface area contributed by atoms with Gasteiger partial charge in [0.25, 0.3) is 5.91 Å². The summed E-state index contributed by atoms with van der Waals surface area (Å²) in [4.78, 5) is 25.3. The SMILES string of the molecule is C=C/C=C(\N=CC)c1ccc(C(=O)NCCc2cncn2Cc2ccccc2)cn1. The third-order valence-electron chi connectivity index (χ3n) is 4.49. The summed E-state index contributed by atoms with van der Waals surface area (Å²) < 4.78 is 2.10. The third-order valence-corrected chi connectivity index (χ3v) is 4.49. The van der Waals surface area contributed by atoms with Gasteiger partial charge in [0.05, 0.1) is 23.3 Å². The minimum absolute atomic E-state index is 0.156. The molecule has 30 heavy (non-hydrogen) atoms. The van der Waals surface area contributed by atoms with E-state index in [1.807, 2.05) is 37.6 Å². The molecule has 0 aliphatic heterocycles. The number of allylic oxidation sites excluding steroid dienone is 2. The van der Waals surface area contributed by atoms with Crippen LogP contribution in [-0.2, 0) is 13.0 Å². The smallest absolute Gasteiger partial charge is 0.252 e. The van der Waals surface area contributed by atoms with Crippen molar-refractivity contribution in [2.75, 3.05) is 6.54 Å². The zero-order chi connectivity index (χ0) is 21.2. The number of aromatic nitrogens is 3.